The van der Waals surface area contributed by atoms with E-state index in [1.54, 1.807) is 0 Å². The fourth-order valence-electron chi connectivity index (χ4n) is 4.63. The minimum Gasteiger partial charge on any atom is -0.480 e. The summed E-state index contributed by atoms with van der Waals surface area (Å²) in [7, 11) is 0. The number of aliphatic carboxylic acids is 1. The highest BCUT2D eigenvalue weighted by molar-refractivity contribution is 7.80. The van der Waals surface area contributed by atoms with Crippen molar-refractivity contribution in [3.63, 3.8) is 0 Å². The second-order valence-electron chi connectivity index (χ2n) is 8.41. The minimum absolute atomic E-state index is 0.219. The third kappa shape index (κ3) is 4.73. The van der Waals surface area contributed by atoms with E-state index in [-0.39, 0.29) is 11.7 Å². The summed E-state index contributed by atoms with van der Waals surface area (Å²) in [5.74, 6) is -2.95. The van der Waals surface area contributed by atoms with E-state index >= 15 is 0 Å². The molecule has 4 rings (SSSR count). The van der Waals surface area contributed by atoms with E-state index < -0.39 is 42.3 Å². The Morgan fingerprint density at radius 3 is 2.21 bits per heavy atom. The number of hydrogen-bond acceptors (Lipinski definition) is 5. The van der Waals surface area contributed by atoms with Gasteiger partial charge in [-0.25, -0.2) is 4.79 Å². The smallest absolute Gasteiger partial charge is 0.347 e. The highest BCUT2D eigenvalue weighted by atomic mass is 32.1. The van der Waals surface area contributed by atoms with Gasteiger partial charge in [-0.2, -0.15) is 17.6 Å². The minimum atomic E-state index is -1.22. The van der Waals surface area contributed by atoms with E-state index in [0.717, 1.165) is 21.6 Å². The second-order valence-corrected chi connectivity index (χ2v) is 8.77. The molecule has 2 unspecified atom stereocenters. The molecule has 2 atom stereocenters. The Kier molecular flexibility index (Phi) is 6.69. The number of carbonyl (C=O) groups is 4. The van der Waals surface area contributed by atoms with Crippen LogP contribution >= 0.6 is 12.6 Å². The summed E-state index contributed by atoms with van der Waals surface area (Å²) in [5, 5.41) is 10.0. The lowest BCUT2D eigenvalue weighted by Crippen LogP contribution is -2.50. The molecule has 0 radical (unpaired) electrons. The number of fused-ring (bicyclic) bond motifs is 1. The van der Waals surface area contributed by atoms with Gasteiger partial charge in [-0.05, 0) is 41.9 Å². The van der Waals surface area contributed by atoms with Crippen LogP contribution in [0.3, 0.4) is 0 Å². The summed E-state index contributed by atoms with van der Waals surface area (Å²) in [6, 6.07) is 15.4. The highest BCUT2D eigenvalue weighted by Crippen LogP contribution is 2.34. The highest BCUT2D eigenvalue weighted by Gasteiger charge is 2.51. The maximum absolute atomic E-state index is 13.3. The van der Waals surface area contributed by atoms with Crippen LogP contribution < -0.4 is 5.43 Å². The number of hydrogen-bond donors (Lipinski definition) is 3. The van der Waals surface area contributed by atoms with Gasteiger partial charge in [-0.3, -0.25) is 24.7 Å². The number of carbonyl (C=O) groups excluding carboxylic acids is 3. The summed E-state index contributed by atoms with van der Waals surface area (Å²) in [5.41, 5.74) is 5.53. The first-order chi connectivity index (χ1) is 15.9. The van der Waals surface area contributed by atoms with Crippen LogP contribution in [0.2, 0.25) is 0 Å². The van der Waals surface area contributed by atoms with Gasteiger partial charge in [-0.15, -0.1) is 0 Å². The predicted octanol–water partition coefficient (Wildman–Crippen LogP) is 1.94. The molecule has 2 N–H and O–H groups in total. The molecular formula is C24H25N3O5S. The second kappa shape index (κ2) is 9.66. The molecule has 172 valence electrons. The molecule has 0 aromatic heterocycles. The van der Waals surface area contributed by atoms with Crippen molar-refractivity contribution >= 4 is 36.4 Å². The first-order valence-corrected chi connectivity index (χ1v) is 11.4. The van der Waals surface area contributed by atoms with Gasteiger partial charge in [0.25, 0.3) is 5.91 Å². The molecule has 4 amide bonds. The Labute approximate surface area is 196 Å². The van der Waals surface area contributed by atoms with E-state index in [0.29, 0.717) is 24.3 Å². The molecule has 1 fully saturated rings. The Balaban J connectivity index is 1.52. The van der Waals surface area contributed by atoms with E-state index in [1.807, 2.05) is 54.6 Å². The number of nitrogens with one attached hydrogen (secondary N) is 1. The fourth-order valence-corrected chi connectivity index (χ4v) is 4.93. The molecule has 0 spiro atoms. The summed E-state index contributed by atoms with van der Waals surface area (Å²) < 4.78 is 0. The van der Waals surface area contributed by atoms with Crippen molar-refractivity contribution in [3.8, 4) is 0 Å². The number of rotatable bonds is 8. The van der Waals surface area contributed by atoms with Gasteiger partial charge in [0.2, 0.25) is 5.91 Å². The zero-order valence-corrected chi connectivity index (χ0v) is 18.8. The zero-order chi connectivity index (χ0) is 23.5. The molecule has 1 saturated heterocycles. The summed E-state index contributed by atoms with van der Waals surface area (Å²) >= 11 is 4.27. The van der Waals surface area contributed by atoms with Crippen molar-refractivity contribution in [1.29, 1.82) is 0 Å². The number of carboxylic acids is 1. The largest absolute Gasteiger partial charge is 0.480 e. The fraction of sp³-hybridized carbons (Fsp3) is 0.333. The van der Waals surface area contributed by atoms with Gasteiger partial charge >= 0.3 is 12.0 Å². The maximum Gasteiger partial charge on any atom is 0.347 e. The average Bonchev–Trinajstić information content (AvgIpc) is 3.32. The van der Waals surface area contributed by atoms with E-state index in [4.69, 9.17) is 0 Å². The lowest BCUT2D eigenvalue weighted by molar-refractivity contribution is -0.140. The first-order valence-electron chi connectivity index (χ1n) is 10.8. The maximum atomic E-state index is 13.3. The number of thiol groups is 1. The molecule has 2 aromatic carbocycles. The molecule has 33 heavy (non-hydrogen) atoms. The monoisotopic (exact) mass is 467 g/mol. The number of nitrogens with zero attached hydrogens (tertiary/aromatic N) is 2. The lowest BCUT2D eigenvalue weighted by Gasteiger charge is -2.24. The van der Waals surface area contributed by atoms with Crippen LogP contribution in [0.4, 0.5) is 4.79 Å². The number of hydrazine groups is 1. The van der Waals surface area contributed by atoms with Gasteiger partial charge in [0.15, 0.2) is 0 Å². The molecule has 0 saturated carbocycles. The summed E-state index contributed by atoms with van der Waals surface area (Å²) in [6.45, 7) is -0.617. The lowest BCUT2D eigenvalue weighted by atomic mass is 9.95. The van der Waals surface area contributed by atoms with Gasteiger partial charge in [0.1, 0.15) is 12.6 Å². The molecule has 1 heterocycles. The van der Waals surface area contributed by atoms with Crippen LogP contribution in [-0.2, 0) is 33.6 Å². The van der Waals surface area contributed by atoms with Gasteiger partial charge < -0.3 is 5.11 Å². The molecule has 1 aliphatic carbocycles. The van der Waals surface area contributed by atoms with Crippen molar-refractivity contribution < 1.29 is 24.3 Å². The van der Waals surface area contributed by atoms with Crippen LogP contribution in [-0.4, -0.2) is 57.2 Å². The van der Waals surface area contributed by atoms with E-state index in [1.165, 1.54) is 0 Å². The number of imide groups is 1. The van der Waals surface area contributed by atoms with Crippen molar-refractivity contribution in [3.05, 3.63) is 71.3 Å². The summed E-state index contributed by atoms with van der Waals surface area (Å²) in [4.78, 5) is 51.7. The van der Waals surface area contributed by atoms with Crippen molar-refractivity contribution in [2.75, 3.05) is 12.3 Å². The van der Waals surface area contributed by atoms with Crippen LogP contribution in [0, 0.1) is 11.8 Å². The molecule has 1 aliphatic heterocycles. The van der Waals surface area contributed by atoms with Gasteiger partial charge in [0, 0.05) is 5.75 Å². The normalized spacial score (nSPS) is 19.0. The number of carboxylic acid groups (broad SMARTS) is 1. The van der Waals surface area contributed by atoms with Gasteiger partial charge in [-0.1, -0.05) is 54.6 Å². The SMILES string of the molecule is O=C(O)CN1C(=O)N(NC(=O)C(CS)Cc2ccccc2)C(=O)C1C1Cc2ccccc2C1. The molecule has 0 bridgehead atoms. The van der Waals surface area contributed by atoms with Gasteiger partial charge in [0.05, 0.1) is 5.92 Å². The number of benzene rings is 2. The van der Waals surface area contributed by atoms with Crippen LogP contribution in [0.25, 0.3) is 0 Å². The Bertz CT molecular complexity index is 1050. The Morgan fingerprint density at radius 2 is 1.64 bits per heavy atom. The zero-order valence-electron chi connectivity index (χ0n) is 17.9. The quantitative estimate of drug-likeness (QED) is 0.406. The van der Waals surface area contributed by atoms with Crippen molar-refractivity contribution in [2.45, 2.75) is 25.3 Å². The van der Waals surface area contributed by atoms with E-state index in [2.05, 4.69) is 18.1 Å². The molecule has 2 aromatic rings. The molecule has 8 nitrogen and oxygen atoms in total. The Hall–Kier alpha value is -3.33. The van der Waals surface area contributed by atoms with Crippen molar-refractivity contribution in [1.82, 2.24) is 15.3 Å². The molecular weight excluding hydrogens is 442 g/mol. The molecule has 2 aliphatic rings. The number of amides is 4. The topological polar surface area (TPSA) is 107 Å². The van der Waals surface area contributed by atoms with Crippen LogP contribution in [0.15, 0.2) is 54.6 Å². The Morgan fingerprint density at radius 1 is 1.03 bits per heavy atom. The predicted molar refractivity (Wildman–Crippen MR) is 123 cm³/mol. The van der Waals surface area contributed by atoms with Crippen LogP contribution in [0.5, 0.6) is 0 Å². The third-order valence-corrected chi connectivity index (χ3v) is 6.66. The standard InChI is InChI=1S/C24H25N3O5S/c28-20(29)13-26-21(18-11-16-8-4-5-9-17(16)12-18)23(31)27(24(26)32)25-22(30)19(14-33)10-15-6-2-1-3-7-15/h1-9,18-19,21,33H,10-14H2,(H,25,30)(H,28,29). The third-order valence-electron chi connectivity index (χ3n) is 6.22. The van der Waals surface area contributed by atoms with Crippen LogP contribution in [0.1, 0.15) is 16.7 Å². The number of urea groups is 1. The average molecular weight is 468 g/mol. The first kappa shape index (κ1) is 22.8. The molecule has 9 heteroatoms. The van der Waals surface area contributed by atoms with E-state index in [9.17, 15) is 24.3 Å². The van der Waals surface area contributed by atoms with Crippen molar-refractivity contribution in [2.24, 2.45) is 11.8 Å². The summed E-state index contributed by atoms with van der Waals surface area (Å²) in [6.07, 6.45) is 1.52.